The average molecular weight is 481 g/mol. The molecule has 3 nitrogen and oxygen atoms in total. The lowest BCUT2D eigenvalue weighted by Gasteiger charge is -2.30. The number of rotatable bonds is 9. The van der Waals surface area contributed by atoms with Crippen LogP contribution in [0.2, 0.25) is 0 Å². The van der Waals surface area contributed by atoms with Gasteiger partial charge in [-0.25, -0.2) is 4.79 Å². The zero-order valence-corrected chi connectivity index (χ0v) is 22.6. The minimum Gasteiger partial charge on any atom is -0.493 e. The van der Waals surface area contributed by atoms with Crippen molar-refractivity contribution >= 4 is 12.0 Å². The summed E-state index contributed by atoms with van der Waals surface area (Å²) in [7, 11) is 0. The van der Waals surface area contributed by atoms with Crippen molar-refractivity contribution in [1.29, 1.82) is 0 Å². The van der Waals surface area contributed by atoms with E-state index < -0.39 is 6.67 Å². The number of esters is 1. The van der Waals surface area contributed by atoms with Crippen LogP contribution in [0.5, 0.6) is 5.75 Å². The average Bonchev–Trinajstić information content (AvgIpc) is 2.76. The van der Waals surface area contributed by atoms with Crippen LogP contribution < -0.4 is 4.74 Å². The Balaban J connectivity index is 2.72. The first-order chi connectivity index (χ1) is 16.4. The summed E-state index contributed by atoms with van der Waals surface area (Å²) in [6, 6.07) is 12.6. The molecule has 0 aliphatic heterocycles. The second-order valence-electron chi connectivity index (χ2n) is 10.9. The molecule has 0 fully saturated rings. The summed E-state index contributed by atoms with van der Waals surface area (Å²) in [5.74, 6) is 0.456. The van der Waals surface area contributed by atoms with Crippen molar-refractivity contribution in [2.45, 2.75) is 72.6 Å². The summed E-state index contributed by atoms with van der Waals surface area (Å²) in [5, 5.41) is 0. The SMILES string of the molecule is CCOC(=O)C=C(C)C=Cc1ccccc1-c1cc(C(C)(C)C)cc(C(C)(C)C)c1OCCCF. The maximum absolute atomic E-state index is 12.9. The van der Waals surface area contributed by atoms with Gasteiger partial charge in [-0.15, -0.1) is 0 Å². The van der Waals surface area contributed by atoms with E-state index in [4.69, 9.17) is 9.47 Å². The van der Waals surface area contributed by atoms with Crippen LogP contribution in [0.3, 0.4) is 0 Å². The first-order valence-corrected chi connectivity index (χ1v) is 12.4. The molecule has 0 unspecified atom stereocenters. The largest absolute Gasteiger partial charge is 0.493 e. The Kier molecular flexibility index (Phi) is 9.88. The van der Waals surface area contributed by atoms with Crippen LogP contribution in [-0.4, -0.2) is 25.9 Å². The molecule has 0 aliphatic rings. The van der Waals surface area contributed by atoms with Crippen LogP contribution in [0.25, 0.3) is 17.2 Å². The Hall–Kier alpha value is -2.88. The number of allylic oxidation sites excluding steroid dienone is 2. The van der Waals surface area contributed by atoms with E-state index >= 15 is 0 Å². The van der Waals surface area contributed by atoms with Gasteiger partial charge in [0.1, 0.15) is 5.75 Å². The molecule has 0 N–H and O–H groups in total. The zero-order valence-electron chi connectivity index (χ0n) is 22.6. The fourth-order valence-electron chi connectivity index (χ4n) is 3.73. The van der Waals surface area contributed by atoms with Crippen molar-refractivity contribution in [3.8, 4) is 16.9 Å². The maximum Gasteiger partial charge on any atom is 0.330 e. The topological polar surface area (TPSA) is 35.5 Å². The van der Waals surface area contributed by atoms with Crippen molar-refractivity contribution in [2.24, 2.45) is 0 Å². The van der Waals surface area contributed by atoms with Crippen molar-refractivity contribution in [3.63, 3.8) is 0 Å². The molecular weight excluding hydrogens is 439 g/mol. The van der Waals surface area contributed by atoms with E-state index in [1.165, 1.54) is 11.6 Å². The predicted molar refractivity (Wildman–Crippen MR) is 145 cm³/mol. The van der Waals surface area contributed by atoms with Gasteiger partial charge in [0, 0.05) is 23.6 Å². The molecule has 0 aliphatic carbocycles. The molecule has 0 spiro atoms. The second-order valence-corrected chi connectivity index (χ2v) is 10.9. The Morgan fingerprint density at radius 3 is 2.29 bits per heavy atom. The summed E-state index contributed by atoms with van der Waals surface area (Å²) in [5.41, 5.74) is 5.93. The van der Waals surface area contributed by atoms with E-state index in [2.05, 4.69) is 65.8 Å². The van der Waals surface area contributed by atoms with Crippen LogP contribution in [0.1, 0.15) is 78.5 Å². The molecule has 0 saturated carbocycles. The molecule has 35 heavy (non-hydrogen) atoms. The number of carbonyl (C=O) groups is 1. The summed E-state index contributed by atoms with van der Waals surface area (Å²) < 4.78 is 24.2. The first kappa shape index (κ1) is 28.4. The van der Waals surface area contributed by atoms with Gasteiger partial charge >= 0.3 is 5.97 Å². The summed E-state index contributed by atoms with van der Waals surface area (Å²) in [6.45, 7) is 17.1. The fourth-order valence-corrected chi connectivity index (χ4v) is 3.73. The molecule has 0 amide bonds. The van der Waals surface area contributed by atoms with Gasteiger partial charge in [0.15, 0.2) is 0 Å². The van der Waals surface area contributed by atoms with Crippen LogP contribution in [0, 0.1) is 0 Å². The third-order valence-electron chi connectivity index (χ3n) is 5.70. The molecule has 2 aromatic carbocycles. The van der Waals surface area contributed by atoms with Gasteiger partial charge < -0.3 is 9.47 Å². The number of ether oxygens (including phenoxy) is 2. The zero-order chi connectivity index (χ0) is 26.2. The highest BCUT2D eigenvalue weighted by Crippen LogP contribution is 2.44. The highest BCUT2D eigenvalue weighted by molar-refractivity contribution is 5.85. The Bertz CT molecular complexity index is 1070. The van der Waals surface area contributed by atoms with Crippen LogP contribution in [0.15, 0.2) is 54.1 Å². The minimum absolute atomic E-state index is 0.0596. The van der Waals surface area contributed by atoms with E-state index in [-0.39, 0.29) is 16.8 Å². The van der Waals surface area contributed by atoms with Gasteiger partial charge in [-0.1, -0.05) is 84.0 Å². The van der Waals surface area contributed by atoms with Crippen molar-refractivity contribution in [1.82, 2.24) is 0 Å². The van der Waals surface area contributed by atoms with Gasteiger partial charge in [-0.05, 0) is 53.0 Å². The number of hydrogen-bond donors (Lipinski definition) is 0. The van der Waals surface area contributed by atoms with E-state index in [0.29, 0.717) is 19.6 Å². The van der Waals surface area contributed by atoms with Crippen LogP contribution >= 0.6 is 0 Å². The molecule has 0 saturated heterocycles. The van der Waals surface area contributed by atoms with Gasteiger partial charge in [-0.2, -0.15) is 0 Å². The Morgan fingerprint density at radius 1 is 1.00 bits per heavy atom. The van der Waals surface area contributed by atoms with Gasteiger partial charge in [0.05, 0.1) is 19.9 Å². The number of halogens is 1. The number of alkyl halides is 1. The maximum atomic E-state index is 12.9. The molecule has 0 heterocycles. The fraction of sp³-hybridized carbons (Fsp3) is 0.452. The van der Waals surface area contributed by atoms with E-state index in [0.717, 1.165) is 33.6 Å². The minimum atomic E-state index is -0.411. The van der Waals surface area contributed by atoms with Crippen molar-refractivity contribution in [3.05, 3.63) is 70.8 Å². The van der Waals surface area contributed by atoms with Gasteiger partial charge in [0.2, 0.25) is 0 Å². The normalized spacial score (nSPS) is 12.8. The third kappa shape index (κ3) is 8.09. The lowest BCUT2D eigenvalue weighted by molar-refractivity contribution is -0.137. The van der Waals surface area contributed by atoms with Crippen LogP contribution in [-0.2, 0) is 20.4 Å². The lowest BCUT2D eigenvalue weighted by Crippen LogP contribution is -2.19. The van der Waals surface area contributed by atoms with Crippen LogP contribution in [0.4, 0.5) is 4.39 Å². The van der Waals surface area contributed by atoms with E-state index in [9.17, 15) is 9.18 Å². The van der Waals surface area contributed by atoms with E-state index in [1.54, 1.807) is 6.92 Å². The number of hydrogen-bond acceptors (Lipinski definition) is 3. The number of benzene rings is 2. The first-order valence-electron chi connectivity index (χ1n) is 12.4. The molecule has 0 bridgehead atoms. The highest BCUT2D eigenvalue weighted by Gasteiger charge is 2.27. The molecular formula is C31H41FO3. The predicted octanol–water partition coefficient (Wildman–Crippen LogP) is 8.21. The Morgan fingerprint density at radius 2 is 1.69 bits per heavy atom. The molecule has 0 aromatic heterocycles. The molecule has 0 atom stereocenters. The second kappa shape index (κ2) is 12.2. The Labute approximate surface area is 211 Å². The monoisotopic (exact) mass is 480 g/mol. The van der Waals surface area contributed by atoms with Gasteiger partial charge in [0.25, 0.3) is 0 Å². The van der Waals surface area contributed by atoms with Crippen molar-refractivity contribution < 1.29 is 18.7 Å². The molecule has 2 aromatic rings. The lowest BCUT2D eigenvalue weighted by atomic mass is 9.77. The van der Waals surface area contributed by atoms with Crippen molar-refractivity contribution in [2.75, 3.05) is 19.9 Å². The quantitative estimate of drug-likeness (QED) is 0.157. The van der Waals surface area contributed by atoms with E-state index in [1.807, 2.05) is 31.2 Å². The smallest absolute Gasteiger partial charge is 0.330 e. The van der Waals surface area contributed by atoms with Gasteiger partial charge in [-0.3, -0.25) is 4.39 Å². The summed E-state index contributed by atoms with van der Waals surface area (Å²) in [6.07, 6.45) is 5.76. The molecule has 4 heteroatoms. The third-order valence-corrected chi connectivity index (χ3v) is 5.70. The molecule has 2 rings (SSSR count). The molecule has 190 valence electrons. The standard InChI is InChI=1S/C31H41FO3/c1-9-34-28(33)19-22(2)15-16-23-13-10-11-14-25(23)26-20-24(30(3,4)5)21-27(31(6,7)8)29(26)35-18-12-17-32/h10-11,13-16,19-21H,9,12,17-18H2,1-8H3. The molecule has 0 radical (unpaired) electrons. The summed E-state index contributed by atoms with van der Waals surface area (Å²) in [4.78, 5) is 11.8. The number of carbonyl (C=O) groups excluding carboxylic acids is 1. The summed E-state index contributed by atoms with van der Waals surface area (Å²) >= 11 is 0. The highest BCUT2D eigenvalue weighted by atomic mass is 19.1.